The minimum atomic E-state index is -0.474. The molecule has 3 aromatic carbocycles. The third-order valence-corrected chi connectivity index (χ3v) is 8.87. The van der Waals surface area contributed by atoms with Gasteiger partial charge in [0.15, 0.2) is 0 Å². The van der Waals surface area contributed by atoms with Crippen LogP contribution in [0.3, 0.4) is 0 Å². The van der Waals surface area contributed by atoms with E-state index < -0.39 is 16.1 Å². The van der Waals surface area contributed by atoms with E-state index in [1.54, 1.807) is 23.1 Å². The molecule has 0 spiro atoms. The Morgan fingerprint density at radius 3 is 2.30 bits per heavy atom. The van der Waals surface area contributed by atoms with Crippen molar-refractivity contribution in [3.63, 3.8) is 0 Å². The van der Waals surface area contributed by atoms with Gasteiger partial charge in [0, 0.05) is 72.7 Å². The third kappa shape index (κ3) is 5.63. The van der Waals surface area contributed by atoms with Crippen molar-refractivity contribution in [3.8, 4) is 0 Å². The normalized spacial score (nSPS) is 16.5. The summed E-state index contributed by atoms with van der Waals surface area (Å²) in [6.45, 7) is 4.54. The summed E-state index contributed by atoms with van der Waals surface area (Å²) < 4.78 is 2.09. The van der Waals surface area contributed by atoms with E-state index in [1.165, 1.54) is 12.1 Å². The molecular formula is C32H29N5O5S. The van der Waals surface area contributed by atoms with Gasteiger partial charge in [-0.05, 0) is 48.5 Å². The molecule has 0 aliphatic carbocycles. The van der Waals surface area contributed by atoms with Crippen LogP contribution < -0.4 is 4.90 Å². The molecule has 4 aromatic rings. The van der Waals surface area contributed by atoms with Crippen LogP contribution in [-0.4, -0.2) is 69.1 Å². The zero-order chi connectivity index (χ0) is 30.1. The van der Waals surface area contributed by atoms with Crippen LogP contribution in [0, 0.1) is 17.0 Å². The summed E-state index contributed by atoms with van der Waals surface area (Å²) in [6, 6.07) is 24.2. The van der Waals surface area contributed by atoms with Crippen molar-refractivity contribution in [1.29, 1.82) is 0 Å². The standard InChI is InChI=1S/C32H29N5O5S/c1-22-27(26-9-5-6-10-28(26)35(22)20-23-11-13-25(14-12-23)37(41)42)19-29-31(39)36(32(40)43-29)21-30(38)34-17-15-33(16-18-34)24-7-3-2-4-8-24/h2-14,19H,15-18,20-21H2,1H3/b29-19+. The predicted molar refractivity (Wildman–Crippen MR) is 167 cm³/mol. The molecular weight excluding hydrogens is 566 g/mol. The Labute approximate surface area is 252 Å². The van der Waals surface area contributed by atoms with Crippen molar-refractivity contribution >= 4 is 57.2 Å². The van der Waals surface area contributed by atoms with E-state index in [1.807, 2.05) is 61.5 Å². The smallest absolute Gasteiger partial charge is 0.294 e. The summed E-state index contributed by atoms with van der Waals surface area (Å²) in [6.07, 6.45) is 1.73. The van der Waals surface area contributed by atoms with Crippen LogP contribution in [-0.2, 0) is 16.1 Å². The number of amides is 3. The maximum Gasteiger partial charge on any atom is 0.294 e. The van der Waals surface area contributed by atoms with Crippen LogP contribution in [0.5, 0.6) is 0 Å². The van der Waals surface area contributed by atoms with Crippen LogP contribution in [0.2, 0.25) is 0 Å². The molecule has 218 valence electrons. The number of carbonyl (C=O) groups excluding carboxylic acids is 3. The topological polar surface area (TPSA) is 109 Å². The molecule has 2 aliphatic heterocycles. The lowest BCUT2D eigenvalue weighted by molar-refractivity contribution is -0.384. The zero-order valence-corrected chi connectivity index (χ0v) is 24.3. The molecule has 2 aliphatic rings. The number of anilines is 1. The summed E-state index contributed by atoms with van der Waals surface area (Å²) in [5.74, 6) is -0.718. The zero-order valence-electron chi connectivity index (χ0n) is 23.5. The average Bonchev–Trinajstić information content (AvgIpc) is 3.44. The number of nitro benzene ring substituents is 1. The lowest BCUT2D eigenvalue weighted by atomic mass is 10.1. The molecule has 0 saturated carbocycles. The molecule has 0 bridgehead atoms. The highest BCUT2D eigenvalue weighted by Gasteiger charge is 2.38. The van der Waals surface area contributed by atoms with Crippen LogP contribution in [0.1, 0.15) is 16.8 Å². The first-order valence-corrected chi connectivity index (χ1v) is 14.8. The van der Waals surface area contributed by atoms with Gasteiger partial charge in [0.1, 0.15) is 6.54 Å². The van der Waals surface area contributed by atoms with Crippen molar-refractivity contribution in [1.82, 2.24) is 14.4 Å². The van der Waals surface area contributed by atoms with Gasteiger partial charge in [-0.2, -0.15) is 0 Å². The van der Waals surface area contributed by atoms with Gasteiger partial charge in [-0.3, -0.25) is 29.4 Å². The number of aromatic nitrogens is 1. The number of fused-ring (bicyclic) bond motifs is 1. The second-order valence-electron chi connectivity index (χ2n) is 10.5. The molecule has 2 saturated heterocycles. The first-order chi connectivity index (χ1) is 20.8. The fraction of sp³-hybridized carbons (Fsp3) is 0.219. The van der Waals surface area contributed by atoms with Gasteiger partial charge in [-0.1, -0.05) is 48.5 Å². The second kappa shape index (κ2) is 11.8. The summed E-state index contributed by atoms with van der Waals surface area (Å²) in [4.78, 5) is 55.3. The largest absolute Gasteiger partial charge is 0.368 e. The van der Waals surface area contributed by atoms with Crippen molar-refractivity contribution in [2.24, 2.45) is 0 Å². The number of carbonyl (C=O) groups is 3. The molecule has 11 heteroatoms. The van der Waals surface area contributed by atoms with Crippen molar-refractivity contribution in [2.75, 3.05) is 37.6 Å². The summed E-state index contributed by atoms with van der Waals surface area (Å²) >= 11 is 0.844. The third-order valence-electron chi connectivity index (χ3n) is 7.96. The lowest BCUT2D eigenvalue weighted by Gasteiger charge is -2.36. The Kier molecular flexibility index (Phi) is 7.73. The van der Waals surface area contributed by atoms with Crippen LogP contribution in [0.4, 0.5) is 16.2 Å². The van der Waals surface area contributed by atoms with Crippen molar-refractivity contribution < 1.29 is 19.3 Å². The first-order valence-electron chi connectivity index (χ1n) is 13.9. The van der Waals surface area contributed by atoms with Gasteiger partial charge in [-0.25, -0.2) is 0 Å². The number of rotatable bonds is 7. The van der Waals surface area contributed by atoms with Gasteiger partial charge in [-0.15, -0.1) is 0 Å². The lowest BCUT2D eigenvalue weighted by Crippen LogP contribution is -2.51. The quantitative estimate of drug-likeness (QED) is 0.162. The number of thioether (sulfide) groups is 1. The van der Waals surface area contributed by atoms with E-state index in [4.69, 9.17) is 0 Å². The maximum atomic E-state index is 13.4. The molecule has 1 aromatic heterocycles. The number of hydrogen-bond donors (Lipinski definition) is 0. The predicted octanol–water partition coefficient (Wildman–Crippen LogP) is 5.29. The van der Waals surface area contributed by atoms with Crippen LogP contribution >= 0.6 is 11.8 Å². The maximum absolute atomic E-state index is 13.4. The molecule has 0 unspecified atom stereocenters. The van der Waals surface area contributed by atoms with Crippen molar-refractivity contribution in [2.45, 2.75) is 13.5 Å². The number of imide groups is 1. The average molecular weight is 596 g/mol. The number of nitrogens with zero attached hydrogens (tertiary/aromatic N) is 5. The molecule has 3 amide bonds. The summed E-state index contributed by atoms with van der Waals surface area (Å²) in [5.41, 5.74) is 4.67. The molecule has 2 fully saturated rings. The minimum Gasteiger partial charge on any atom is -0.368 e. The van der Waals surface area contributed by atoms with Crippen LogP contribution in [0.25, 0.3) is 17.0 Å². The van der Waals surface area contributed by atoms with Crippen molar-refractivity contribution in [3.05, 3.63) is 111 Å². The molecule has 0 radical (unpaired) electrons. The van der Waals surface area contributed by atoms with E-state index in [2.05, 4.69) is 9.47 Å². The highest BCUT2D eigenvalue weighted by molar-refractivity contribution is 8.18. The Morgan fingerprint density at radius 1 is 0.930 bits per heavy atom. The highest BCUT2D eigenvalue weighted by atomic mass is 32.2. The highest BCUT2D eigenvalue weighted by Crippen LogP contribution is 2.36. The van der Waals surface area contributed by atoms with E-state index in [0.29, 0.717) is 32.7 Å². The number of para-hydroxylation sites is 2. The Balaban J connectivity index is 1.18. The number of hydrogen-bond acceptors (Lipinski definition) is 7. The second-order valence-corrected chi connectivity index (χ2v) is 11.5. The number of piperazine rings is 1. The number of benzene rings is 3. The van der Waals surface area contributed by atoms with Gasteiger partial charge in [0.25, 0.3) is 16.8 Å². The van der Waals surface area contributed by atoms with E-state index in [0.717, 1.165) is 50.1 Å². The minimum absolute atomic E-state index is 0.0298. The molecule has 43 heavy (non-hydrogen) atoms. The van der Waals surface area contributed by atoms with Gasteiger partial charge < -0.3 is 14.4 Å². The molecule has 3 heterocycles. The molecule has 6 rings (SSSR count). The fourth-order valence-electron chi connectivity index (χ4n) is 5.60. The van der Waals surface area contributed by atoms with E-state index in [9.17, 15) is 24.5 Å². The molecule has 0 atom stereocenters. The number of non-ortho nitro benzene ring substituents is 1. The van der Waals surface area contributed by atoms with Gasteiger partial charge in [0.2, 0.25) is 5.91 Å². The van der Waals surface area contributed by atoms with E-state index >= 15 is 0 Å². The Hall–Kier alpha value is -4.90. The van der Waals surface area contributed by atoms with Gasteiger partial charge in [0.05, 0.1) is 9.83 Å². The molecule has 0 N–H and O–H groups in total. The van der Waals surface area contributed by atoms with E-state index in [-0.39, 0.29) is 23.0 Å². The Bertz CT molecular complexity index is 1760. The van der Waals surface area contributed by atoms with Crippen LogP contribution in [0.15, 0.2) is 83.8 Å². The molecule has 10 nitrogen and oxygen atoms in total. The summed E-state index contributed by atoms with van der Waals surface area (Å²) in [7, 11) is 0. The fourth-order valence-corrected chi connectivity index (χ4v) is 6.42. The SMILES string of the molecule is Cc1c(/C=C2/SC(=O)N(CC(=O)N3CCN(c4ccccc4)CC3)C2=O)c2ccccc2n1Cc1ccc([N+](=O)[O-])cc1. The monoisotopic (exact) mass is 595 g/mol. The first kappa shape index (κ1) is 28.2. The summed E-state index contributed by atoms with van der Waals surface area (Å²) in [5, 5.41) is 11.5. The van der Waals surface area contributed by atoms with Gasteiger partial charge >= 0.3 is 0 Å². The number of nitro groups is 1. The Morgan fingerprint density at radius 2 is 1.60 bits per heavy atom.